The molecule has 16 heavy (non-hydrogen) atoms. The highest BCUT2D eigenvalue weighted by atomic mass is 16.5. The smallest absolute Gasteiger partial charge is 0.0513 e. The van der Waals surface area contributed by atoms with Crippen LogP contribution in [0.5, 0.6) is 0 Å². The van der Waals surface area contributed by atoms with Gasteiger partial charge in [0.25, 0.3) is 0 Å². The summed E-state index contributed by atoms with van der Waals surface area (Å²) in [6.07, 6.45) is 1.17. The minimum Gasteiger partial charge on any atom is -0.381 e. The van der Waals surface area contributed by atoms with E-state index in [0.717, 1.165) is 13.2 Å². The van der Waals surface area contributed by atoms with Gasteiger partial charge < -0.3 is 10.1 Å². The molecule has 1 saturated heterocycles. The lowest BCUT2D eigenvalue weighted by Crippen LogP contribution is -2.25. The van der Waals surface area contributed by atoms with Gasteiger partial charge in [0.1, 0.15) is 0 Å². The highest BCUT2D eigenvalue weighted by Crippen LogP contribution is 2.29. The predicted molar refractivity (Wildman–Crippen MR) is 66.6 cm³/mol. The predicted octanol–water partition coefficient (Wildman–Crippen LogP) is 2.60. The molecule has 2 unspecified atom stereocenters. The Morgan fingerprint density at radius 2 is 2.12 bits per heavy atom. The first-order chi connectivity index (χ1) is 7.72. The zero-order chi connectivity index (χ0) is 11.5. The molecule has 1 aromatic rings. The molecule has 1 fully saturated rings. The first-order valence-electron chi connectivity index (χ1n) is 6.04. The lowest BCUT2D eigenvalue weighted by atomic mass is 9.91. The minimum absolute atomic E-state index is 0.432. The molecule has 2 heteroatoms. The Kier molecular flexibility index (Phi) is 3.62. The SMILES string of the molecule is CNC(c1ccc(C)c(C)c1)C1CCOC1. The number of benzene rings is 1. The van der Waals surface area contributed by atoms with Gasteiger partial charge in [-0.2, -0.15) is 0 Å². The largest absolute Gasteiger partial charge is 0.381 e. The maximum atomic E-state index is 5.48. The lowest BCUT2D eigenvalue weighted by molar-refractivity contribution is 0.178. The van der Waals surface area contributed by atoms with Crippen LogP contribution in [0, 0.1) is 19.8 Å². The first kappa shape index (κ1) is 11.6. The van der Waals surface area contributed by atoms with Gasteiger partial charge >= 0.3 is 0 Å². The van der Waals surface area contributed by atoms with Gasteiger partial charge in [-0.3, -0.25) is 0 Å². The van der Waals surface area contributed by atoms with Gasteiger partial charge in [0, 0.05) is 18.6 Å². The van der Waals surface area contributed by atoms with Crippen LogP contribution in [0.15, 0.2) is 18.2 Å². The van der Waals surface area contributed by atoms with Crippen molar-refractivity contribution >= 4 is 0 Å². The molecule has 0 aromatic heterocycles. The van der Waals surface area contributed by atoms with Crippen LogP contribution in [0.3, 0.4) is 0 Å². The van der Waals surface area contributed by atoms with Crippen molar-refractivity contribution in [3.05, 3.63) is 34.9 Å². The third kappa shape index (κ3) is 2.28. The number of nitrogens with one attached hydrogen (secondary N) is 1. The fourth-order valence-corrected chi connectivity index (χ4v) is 2.45. The molecule has 1 aliphatic rings. The fourth-order valence-electron chi connectivity index (χ4n) is 2.45. The van der Waals surface area contributed by atoms with E-state index in [-0.39, 0.29) is 0 Å². The van der Waals surface area contributed by atoms with Crippen molar-refractivity contribution in [3.8, 4) is 0 Å². The van der Waals surface area contributed by atoms with Crippen molar-refractivity contribution in [1.82, 2.24) is 5.32 Å². The number of ether oxygens (including phenoxy) is 1. The van der Waals surface area contributed by atoms with Gasteiger partial charge in [0.15, 0.2) is 0 Å². The molecule has 0 aliphatic carbocycles. The highest BCUT2D eigenvalue weighted by molar-refractivity contribution is 5.32. The van der Waals surface area contributed by atoms with Crippen LogP contribution in [0.4, 0.5) is 0 Å². The number of hydrogen-bond donors (Lipinski definition) is 1. The summed E-state index contributed by atoms with van der Waals surface area (Å²) in [5.41, 5.74) is 4.12. The average molecular weight is 219 g/mol. The zero-order valence-corrected chi connectivity index (χ0v) is 10.4. The molecule has 2 rings (SSSR count). The quantitative estimate of drug-likeness (QED) is 0.843. The normalized spacial score (nSPS) is 22.3. The summed E-state index contributed by atoms with van der Waals surface area (Å²) in [6, 6.07) is 7.18. The Morgan fingerprint density at radius 3 is 2.69 bits per heavy atom. The maximum Gasteiger partial charge on any atom is 0.0513 e. The molecule has 1 N–H and O–H groups in total. The van der Waals surface area contributed by atoms with Crippen LogP contribution in [-0.2, 0) is 4.74 Å². The summed E-state index contributed by atoms with van der Waals surface area (Å²) in [7, 11) is 2.04. The average Bonchev–Trinajstić information content (AvgIpc) is 2.78. The van der Waals surface area contributed by atoms with E-state index in [1.165, 1.54) is 23.1 Å². The monoisotopic (exact) mass is 219 g/mol. The number of hydrogen-bond acceptors (Lipinski definition) is 2. The van der Waals surface area contributed by atoms with Crippen LogP contribution < -0.4 is 5.32 Å². The summed E-state index contributed by atoms with van der Waals surface area (Å²) >= 11 is 0. The Hall–Kier alpha value is -0.860. The topological polar surface area (TPSA) is 21.3 Å². The van der Waals surface area contributed by atoms with Gasteiger partial charge in [-0.15, -0.1) is 0 Å². The molecule has 2 nitrogen and oxygen atoms in total. The molecule has 0 bridgehead atoms. The minimum atomic E-state index is 0.432. The molecule has 2 atom stereocenters. The van der Waals surface area contributed by atoms with Crippen molar-refractivity contribution in [2.24, 2.45) is 5.92 Å². The lowest BCUT2D eigenvalue weighted by Gasteiger charge is -2.23. The van der Waals surface area contributed by atoms with E-state index in [4.69, 9.17) is 4.74 Å². The van der Waals surface area contributed by atoms with Crippen molar-refractivity contribution < 1.29 is 4.74 Å². The second-order valence-electron chi connectivity index (χ2n) is 4.73. The Labute approximate surface area is 98.0 Å². The molecular formula is C14H21NO. The molecule has 0 radical (unpaired) electrons. The molecule has 0 amide bonds. The summed E-state index contributed by atoms with van der Waals surface area (Å²) in [5, 5.41) is 3.43. The molecule has 1 aromatic carbocycles. The molecule has 1 heterocycles. The maximum absolute atomic E-state index is 5.48. The number of rotatable bonds is 3. The second-order valence-corrected chi connectivity index (χ2v) is 4.73. The highest BCUT2D eigenvalue weighted by Gasteiger charge is 2.25. The van der Waals surface area contributed by atoms with Crippen LogP contribution in [0.1, 0.15) is 29.2 Å². The molecule has 88 valence electrons. The van der Waals surface area contributed by atoms with E-state index in [9.17, 15) is 0 Å². The molecule has 1 aliphatic heterocycles. The van der Waals surface area contributed by atoms with Gasteiger partial charge in [0.2, 0.25) is 0 Å². The van der Waals surface area contributed by atoms with Gasteiger partial charge in [-0.05, 0) is 44.0 Å². The van der Waals surface area contributed by atoms with Crippen molar-refractivity contribution in [2.75, 3.05) is 20.3 Å². The van der Waals surface area contributed by atoms with Crippen LogP contribution in [0.25, 0.3) is 0 Å². The van der Waals surface area contributed by atoms with E-state index >= 15 is 0 Å². The van der Waals surface area contributed by atoms with Gasteiger partial charge in [0.05, 0.1) is 6.61 Å². The third-order valence-electron chi connectivity index (χ3n) is 3.64. The van der Waals surface area contributed by atoms with Crippen LogP contribution in [-0.4, -0.2) is 20.3 Å². The van der Waals surface area contributed by atoms with Crippen LogP contribution >= 0.6 is 0 Å². The Bertz CT molecular complexity index is 356. The molecular weight excluding hydrogens is 198 g/mol. The summed E-state index contributed by atoms with van der Waals surface area (Å²) in [5.74, 6) is 0.618. The van der Waals surface area contributed by atoms with E-state index < -0.39 is 0 Å². The fraction of sp³-hybridized carbons (Fsp3) is 0.571. The van der Waals surface area contributed by atoms with Gasteiger partial charge in [-0.1, -0.05) is 18.2 Å². The third-order valence-corrected chi connectivity index (χ3v) is 3.64. The Balaban J connectivity index is 2.22. The van der Waals surface area contributed by atoms with Crippen molar-refractivity contribution in [1.29, 1.82) is 0 Å². The van der Waals surface area contributed by atoms with Crippen molar-refractivity contribution in [3.63, 3.8) is 0 Å². The molecule has 0 spiro atoms. The number of aryl methyl sites for hydroxylation is 2. The van der Waals surface area contributed by atoms with Gasteiger partial charge in [-0.25, -0.2) is 0 Å². The van der Waals surface area contributed by atoms with E-state index in [0.29, 0.717) is 12.0 Å². The summed E-state index contributed by atoms with van der Waals surface area (Å²) in [4.78, 5) is 0. The first-order valence-corrected chi connectivity index (χ1v) is 6.04. The van der Waals surface area contributed by atoms with E-state index in [1.54, 1.807) is 0 Å². The Morgan fingerprint density at radius 1 is 1.31 bits per heavy atom. The summed E-state index contributed by atoms with van der Waals surface area (Å²) < 4.78 is 5.48. The van der Waals surface area contributed by atoms with Crippen LogP contribution in [0.2, 0.25) is 0 Å². The zero-order valence-electron chi connectivity index (χ0n) is 10.4. The molecule has 0 saturated carbocycles. The van der Waals surface area contributed by atoms with Crippen molar-refractivity contribution in [2.45, 2.75) is 26.3 Å². The van der Waals surface area contributed by atoms with E-state index in [2.05, 4.69) is 37.4 Å². The summed E-state index contributed by atoms with van der Waals surface area (Å²) in [6.45, 7) is 6.13. The standard InChI is InChI=1S/C14H21NO/c1-10-4-5-12(8-11(10)2)14(15-3)13-6-7-16-9-13/h4-5,8,13-15H,6-7,9H2,1-3H3. The second kappa shape index (κ2) is 4.98. The van der Waals surface area contributed by atoms with E-state index in [1.807, 2.05) is 7.05 Å².